The highest BCUT2D eigenvalue weighted by Gasteiger charge is 2.30. The van der Waals surface area contributed by atoms with E-state index in [0.717, 1.165) is 0 Å². The third-order valence-corrected chi connectivity index (χ3v) is 5.81. The van der Waals surface area contributed by atoms with Crippen LogP contribution in [-0.2, 0) is 9.47 Å². The van der Waals surface area contributed by atoms with Gasteiger partial charge in [0.05, 0.1) is 44.5 Å². The first-order chi connectivity index (χ1) is 17.9. The Labute approximate surface area is 209 Å². The summed E-state index contributed by atoms with van der Waals surface area (Å²) in [6, 6.07) is 6.56. The molecule has 5 rings (SSSR count). The molecule has 0 bridgehead atoms. The van der Waals surface area contributed by atoms with Gasteiger partial charge < -0.3 is 29.7 Å². The highest BCUT2D eigenvalue weighted by molar-refractivity contribution is 5.97. The topological polar surface area (TPSA) is 151 Å². The van der Waals surface area contributed by atoms with Crippen LogP contribution in [0, 0.1) is 11.3 Å². The standard InChI is InChI=1S/C22H23F2N9O4/c1-32(13-7-35-8-13)22(34)14-2-3-17(30-21(14)37-9-16(23)24)28-15-4-18(29-19-10-36-11-27-19)31-33-12(5-25)6-26-20(15)33/h2-4,6,13,16,19,27H,7-11H2,1H3,(H,28,30)(H,29,31). The van der Waals surface area contributed by atoms with Gasteiger partial charge in [-0.15, -0.1) is 5.10 Å². The van der Waals surface area contributed by atoms with E-state index in [4.69, 9.17) is 14.2 Å². The van der Waals surface area contributed by atoms with Gasteiger partial charge >= 0.3 is 0 Å². The second-order valence-electron chi connectivity index (χ2n) is 8.33. The quantitative estimate of drug-likeness (QED) is 0.377. The summed E-state index contributed by atoms with van der Waals surface area (Å²) in [5.41, 5.74) is 1.01. The van der Waals surface area contributed by atoms with Gasteiger partial charge in [-0.3, -0.25) is 10.1 Å². The Bertz CT molecular complexity index is 1340. The van der Waals surface area contributed by atoms with E-state index in [1.807, 2.05) is 6.07 Å². The van der Waals surface area contributed by atoms with Crippen molar-refractivity contribution in [1.82, 2.24) is 29.8 Å². The SMILES string of the molecule is CN(C(=O)c1ccc(Nc2cc(NC3COCN3)nn3c(C#N)cnc23)nc1OCC(F)F)C1COC1. The number of imidazole rings is 1. The van der Waals surface area contributed by atoms with Crippen LogP contribution in [0.4, 0.5) is 26.1 Å². The Morgan fingerprint density at radius 3 is 2.86 bits per heavy atom. The molecule has 2 aliphatic heterocycles. The minimum atomic E-state index is -2.75. The predicted molar refractivity (Wildman–Crippen MR) is 125 cm³/mol. The lowest BCUT2D eigenvalue weighted by atomic mass is 10.1. The van der Waals surface area contributed by atoms with Crippen molar-refractivity contribution in [1.29, 1.82) is 5.26 Å². The summed E-state index contributed by atoms with van der Waals surface area (Å²) >= 11 is 0. The molecule has 1 atom stereocenters. The smallest absolute Gasteiger partial charge is 0.272 e. The molecule has 15 heteroatoms. The maximum absolute atomic E-state index is 13.0. The molecule has 5 heterocycles. The van der Waals surface area contributed by atoms with Crippen molar-refractivity contribution in [2.45, 2.75) is 18.6 Å². The molecule has 0 spiro atoms. The third-order valence-electron chi connectivity index (χ3n) is 5.81. The first-order valence-corrected chi connectivity index (χ1v) is 11.3. The number of amides is 1. The number of hydrogen-bond acceptors (Lipinski definition) is 11. The summed E-state index contributed by atoms with van der Waals surface area (Å²) in [5, 5.41) is 23.2. The fraction of sp³-hybridized carbons (Fsp3) is 0.409. The van der Waals surface area contributed by atoms with Crippen LogP contribution in [0.25, 0.3) is 5.65 Å². The van der Waals surface area contributed by atoms with Crippen LogP contribution in [0.2, 0.25) is 0 Å². The van der Waals surface area contributed by atoms with Crippen molar-refractivity contribution in [3.63, 3.8) is 0 Å². The number of alkyl halides is 2. The van der Waals surface area contributed by atoms with E-state index in [1.165, 1.54) is 27.7 Å². The summed E-state index contributed by atoms with van der Waals surface area (Å²) in [4.78, 5) is 23.0. The van der Waals surface area contributed by atoms with E-state index in [0.29, 0.717) is 43.7 Å². The number of anilines is 3. The average Bonchev–Trinajstić information content (AvgIpc) is 3.51. The molecule has 3 aromatic heterocycles. The third kappa shape index (κ3) is 5.21. The number of aromatic nitrogens is 4. The van der Waals surface area contributed by atoms with Crippen LogP contribution in [-0.4, -0.2) is 89.2 Å². The lowest BCUT2D eigenvalue weighted by Crippen LogP contribution is -2.49. The molecule has 3 aromatic rings. The van der Waals surface area contributed by atoms with Crippen LogP contribution in [0.5, 0.6) is 5.88 Å². The van der Waals surface area contributed by atoms with Gasteiger partial charge in [0.25, 0.3) is 12.3 Å². The minimum Gasteiger partial charge on any atom is -0.471 e. The van der Waals surface area contributed by atoms with Gasteiger partial charge in [-0.05, 0) is 12.1 Å². The number of fused-ring (bicyclic) bond motifs is 1. The number of nitrogens with one attached hydrogen (secondary N) is 3. The normalized spacial score (nSPS) is 17.4. The molecule has 2 aliphatic rings. The van der Waals surface area contributed by atoms with E-state index < -0.39 is 18.9 Å². The zero-order chi connectivity index (χ0) is 25.9. The molecular formula is C22H23F2N9O4. The highest BCUT2D eigenvalue weighted by Crippen LogP contribution is 2.28. The van der Waals surface area contributed by atoms with Crippen LogP contribution in [0.15, 0.2) is 24.4 Å². The van der Waals surface area contributed by atoms with Gasteiger partial charge in [-0.1, -0.05) is 0 Å². The number of nitriles is 1. The Kier molecular flexibility index (Phi) is 6.95. The number of halogens is 2. The average molecular weight is 515 g/mol. The molecular weight excluding hydrogens is 492 g/mol. The molecule has 1 amide bonds. The fourth-order valence-electron chi connectivity index (χ4n) is 3.74. The van der Waals surface area contributed by atoms with Crippen LogP contribution in [0.1, 0.15) is 16.1 Å². The van der Waals surface area contributed by atoms with E-state index in [9.17, 15) is 18.8 Å². The highest BCUT2D eigenvalue weighted by atomic mass is 19.3. The number of ether oxygens (including phenoxy) is 3. The van der Waals surface area contributed by atoms with Crippen molar-refractivity contribution >= 4 is 28.9 Å². The Hall–Kier alpha value is -4.13. The maximum atomic E-state index is 13.0. The number of likely N-dealkylation sites (N-methyl/N-ethyl adjacent to an activating group) is 1. The zero-order valence-electron chi connectivity index (χ0n) is 19.6. The summed E-state index contributed by atoms with van der Waals surface area (Å²) in [5.74, 6) is -0.0390. The molecule has 2 fully saturated rings. The van der Waals surface area contributed by atoms with E-state index >= 15 is 0 Å². The molecule has 37 heavy (non-hydrogen) atoms. The maximum Gasteiger partial charge on any atom is 0.272 e. The van der Waals surface area contributed by atoms with E-state index in [1.54, 1.807) is 13.1 Å². The van der Waals surface area contributed by atoms with E-state index in [2.05, 4.69) is 31.0 Å². The van der Waals surface area contributed by atoms with Crippen LogP contribution >= 0.6 is 0 Å². The van der Waals surface area contributed by atoms with Gasteiger partial charge in [-0.25, -0.2) is 13.8 Å². The Morgan fingerprint density at radius 2 is 2.19 bits per heavy atom. The summed E-state index contributed by atoms with van der Waals surface area (Å²) in [6.45, 7) is 0.672. The minimum absolute atomic E-state index is 0.0442. The summed E-state index contributed by atoms with van der Waals surface area (Å²) < 4.78 is 42.9. The predicted octanol–water partition coefficient (Wildman–Crippen LogP) is 1.17. The molecule has 0 radical (unpaired) electrons. The lowest BCUT2D eigenvalue weighted by Gasteiger charge is -2.34. The van der Waals surface area contributed by atoms with Gasteiger partial charge in [0.1, 0.15) is 23.6 Å². The molecule has 0 aliphatic carbocycles. The molecule has 0 aromatic carbocycles. The second kappa shape index (κ2) is 10.5. The van der Waals surface area contributed by atoms with Crippen LogP contribution in [0.3, 0.4) is 0 Å². The molecule has 3 N–H and O–H groups in total. The lowest BCUT2D eigenvalue weighted by molar-refractivity contribution is -0.0469. The number of carbonyl (C=O) groups excluding carboxylic acids is 1. The van der Waals surface area contributed by atoms with Crippen molar-refractivity contribution in [2.24, 2.45) is 0 Å². The summed E-state index contributed by atoms with van der Waals surface area (Å²) in [7, 11) is 1.61. The van der Waals surface area contributed by atoms with E-state index in [-0.39, 0.29) is 35.2 Å². The van der Waals surface area contributed by atoms with Crippen LogP contribution < -0.4 is 20.7 Å². The first-order valence-electron chi connectivity index (χ1n) is 11.3. The van der Waals surface area contributed by atoms with Crippen molar-refractivity contribution in [2.75, 3.05) is 50.8 Å². The molecule has 1 unspecified atom stereocenters. The number of nitrogens with zero attached hydrogens (tertiary/aromatic N) is 6. The molecule has 13 nitrogen and oxygen atoms in total. The van der Waals surface area contributed by atoms with Gasteiger partial charge in [0, 0.05) is 13.1 Å². The number of rotatable bonds is 9. The Morgan fingerprint density at radius 1 is 1.35 bits per heavy atom. The molecule has 2 saturated heterocycles. The second-order valence-corrected chi connectivity index (χ2v) is 8.33. The van der Waals surface area contributed by atoms with Gasteiger partial charge in [0.2, 0.25) is 5.88 Å². The van der Waals surface area contributed by atoms with Gasteiger partial charge in [-0.2, -0.15) is 14.8 Å². The number of pyridine rings is 1. The molecule has 0 saturated carbocycles. The van der Waals surface area contributed by atoms with Crippen molar-refractivity contribution in [3.05, 3.63) is 35.7 Å². The zero-order valence-corrected chi connectivity index (χ0v) is 19.6. The van der Waals surface area contributed by atoms with Crippen molar-refractivity contribution < 1.29 is 27.8 Å². The van der Waals surface area contributed by atoms with Gasteiger partial charge in [0.15, 0.2) is 23.8 Å². The summed E-state index contributed by atoms with van der Waals surface area (Å²) in [6.07, 6.45) is -1.57. The largest absolute Gasteiger partial charge is 0.471 e. The van der Waals surface area contributed by atoms with Crippen molar-refractivity contribution in [3.8, 4) is 11.9 Å². The Balaban J connectivity index is 1.47. The number of hydrogen-bond donors (Lipinski definition) is 3. The fourth-order valence-corrected chi connectivity index (χ4v) is 3.74. The number of carbonyl (C=O) groups is 1. The first kappa shape index (κ1) is 24.6. The molecule has 194 valence electrons. The monoisotopic (exact) mass is 515 g/mol.